The number of aliphatic hydroxyl groups is 1. The average Bonchev–Trinajstić information content (AvgIpc) is 3.73. The van der Waals surface area contributed by atoms with Crippen molar-refractivity contribution in [3.8, 4) is 0 Å². The normalized spacial score (nSPS) is 25.9. The van der Waals surface area contributed by atoms with Gasteiger partial charge in [-0.25, -0.2) is 0 Å². The first-order valence-electron chi connectivity index (χ1n) is 17.3. The van der Waals surface area contributed by atoms with E-state index in [9.17, 15) is 9.90 Å². The lowest BCUT2D eigenvalue weighted by molar-refractivity contribution is -0.149. The largest absolute Gasteiger partial charge is 0.394 e. The van der Waals surface area contributed by atoms with E-state index in [2.05, 4.69) is 13.2 Å². The number of fused-ring (bicyclic) bond motifs is 1. The van der Waals surface area contributed by atoms with E-state index in [0.29, 0.717) is 31.4 Å². The Balaban J connectivity index is 1.51. The number of hydrogen-bond acceptors (Lipinski definition) is 5. The smallest absolute Gasteiger partial charge is 0.253 e. The molecule has 8 heteroatoms. The summed E-state index contributed by atoms with van der Waals surface area (Å²) < 4.78 is 7.13. The lowest BCUT2D eigenvalue weighted by Gasteiger charge is -2.40. The lowest BCUT2D eigenvalue weighted by atomic mass is 9.64. The number of aryl methyl sites for hydroxylation is 2. The molecular formula is C41H47N3O5. The summed E-state index contributed by atoms with van der Waals surface area (Å²) in [5.41, 5.74) is 2.08. The summed E-state index contributed by atoms with van der Waals surface area (Å²) >= 11 is 0. The zero-order valence-corrected chi connectivity index (χ0v) is 28.8. The fourth-order valence-electron chi connectivity index (χ4n) is 8.66. The molecule has 6 atom stereocenters. The minimum Gasteiger partial charge on any atom is -0.394 e. The summed E-state index contributed by atoms with van der Waals surface area (Å²) in [4.78, 5) is 50.3. The second-order valence-corrected chi connectivity index (χ2v) is 13.7. The number of rotatable bonds is 13. The second-order valence-electron chi connectivity index (χ2n) is 13.7. The molecular weight excluding hydrogens is 614 g/mol. The van der Waals surface area contributed by atoms with Crippen LogP contribution in [-0.4, -0.2) is 70.7 Å². The Morgan fingerprint density at radius 2 is 1.61 bits per heavy atom. The number of para-hydroxylation sites is 1. The number of aliphatic hydroxyl groups excluding tert-OH is 1. The van der Waals surface area contributed by atoms with Crippen LogP contribution in [0, 0.1) is 25.7 Å². The molecule has 6 rings (SSSR count). The van der Waals surface area contributed by atoms with Crippen molar-refractivity contribution in [3.63, 3.8) is 0 Å². The monoisotopic (exact) mass is 661 g/mol. The molecule has 0 saturated carbocycles. The van der Waals surface area contributed by atoms with Crippen molar-refractivity contribution in [1.82, 2.24) is 4.90 Å². The SMILES string of the molecule is C=CCN(C(=O)[C@@H]1[C@H]2C(=O)N([C@@H](CO)Cc3ccccc3)C(C(=O)N(CC=C)c3cc(C)ccc3C)C23CC[C@@]1(CC)O3)c1ccccc1. The minimum atomic E-state index is -1.26. The summed E-state index contributed by atoms with van der Waals surface area (Å²) in [6.07, 6.45) is 5.19. The third-order valence-corrected chi connectivity index (χ3v) is 10.9. The number of ether oxygens (including phenoxy) is 1. The molecule has 3 fully saturated rings. The van der Waals surface area contributed by atoms with Gasteiger partial charge >= 0.3 is 0 Å². The van der Waals surface area contributed by atoms with Gasteiger partial charge in [0.1, 0.15) is 11.6 Å². The fourth-order valence-corrected chi connectivity index (χ4v) is 8.66. The lowest BCUT2D eigenvalue weighted by Crippen LogP contribution is -2.59. The quantitative estimate of drug-likeness (QED) is 0.234. The van der Waals surface area contributed by atoms with E-state index in [1.807, 2.05) is 99.6 Å². The van der Waals surface area contributed by atoms with E-state index in [1.165, 1.54) is 0 Å². The molecule has 2 unspecified atom stereocenters. The number of benzene rings is 3. The highest BCUT2D eigenvalue weighted by atomic mass is 16.5. The molecule has 0 aromatic heterocycles. The molecule has 3 saturated heterocycles. The maximum atomic E-state index is 15.3. The van der Waals surface area contributed by atoms with Crippen LogP contribution in [0.15, 0.2) is 104 Å². The van der Waals surface area contributed by atoms with Crippen molar-refractivity contribution >= 4 is 29.1 Å². The summed E-state index contributed by atoms with van der Waals surface area (Å²) in [6, 6.07) is 23.2. The summed E-state index contributed by atoms with van der Waals surface area (Å²) in [5, 5.41) is 11.0. The van der Waals surface area contributed by atoms with Crippen molar-refractivity contribution in [2.45, 2.75) is 69.7 Å². The van der Waals surface area contributed by atoms with E-state index < -0.39 is 35.1 Å². The van der Waals surface area contributed by atoms with Gasteiger partial charge in [-0.2, -0.15) is 0 Å². The van der Waals surface area contributed by atoms with Gasteiger partial charge in [-0.15, -0.1) is 13.2 Å². The topological polar surface area (TPSA) is 90.4 Å². The maximum absolute atomic E-state index is 15.3. The maximum Gasteiger partial charge on any atom is 0.253 e. The van der Waals surface area contributed by atoms with Crippen LogP contribution in [0.2, 0.25) is 0 Å². The first-order valence-corrected chi connectivity index (χ1v) is 17.3. The molecule has 3 aromatic carbocycles. The van der Waals surface area contributed by atoms with Crippen LogP contribution in [0.5, 0.6) is 0 Å². The second kappa shape index (κ2) is 13.8. The Morgan fingerprint density at radius 3 is 2.24 bits per heavy atom. The van der Waals surface area contributed by atoms with Gasteiger partial charge in [0.2, 0.25) is 11.8 Å². The number of anilines is 2. The van der Waals surface area contributed by atoms with Crippen molar-refractivity contribution in [1.29, 1.82) is 0 Å². The average molecular weight is 662 g/mol. The van der Waals surface area contributed by atoms with E-state index in [1.54, 1.807) is 26.9 Å². The molecule has 0 aliphatic carbocycles. The third-order valence-electron chi connectivity index (χ3n) is 10.9. The fraction of sp³-hybridized carbons (Fsp3) is 0.390. The van der Waals surface area contributed by atoms with Gasteiger partial charge in [-0.05, 0) is 74.4 Å². The first-order chi connectivity index (χ1) is 23.7. The number of likely N-dealkylation sites (tertiary alicyclic amines) is 1. The van der Waals surface area contributed by atoms with Gasteiger partial charge in [0.15, 0.2) is 0 Å². The summed E-state index contributed by atoms with van der Waals surface area (Å²) in [6.45, 7) is 13.9. The van der Waals surface area contributed by atoms with Crippen LogP contribution >= 0.6 is 0 Å². The Kier molecular flexibility index (Phi) is 9.65. The molecule has 1 spiro atoms. The van der Waals surface area contributed by atoms with Crippen molar-refractivity contribution in [2.75, 3.05) is 29.5 Å². The van der Waals surface area contributed by atoms with Crippen LogP contribution in [0.1, 0.15) is 42.9 Å². The molecule has 256 valence electrons. The molecule has 8 nitrogen and oxygen atoms in total. The number of nitrogens with zero attached hydrogens (tertiary/aromatic N) is 3. The Bertz CT molecular complexity index is 1730. The predicted octanol–water partition coefficient (Wildman–Crippen LogP) is 5.80. The van der Waals surface area contributed by atoms with Gasteiger partial charge in [-0.1, -0.05) is 79.7 Å². The number of amides is 3. The molecule has 49 heavy (non-hydrogen) atoms. The molecule has 3 aliphatic heterocycles. The molecule has 1 N–H and O–H groups in total. The molecule has 3 amide bonds. The van der Waals surface area contributed by atoms with Gasteiger partial charge in [0, 0.05) is 24.5 Å². The highest BCUT2D eigenvalue weighted by Crippen LogP contribution is 2.65. The van der Waals surface area contributed by atoms with E-state index in [4.69, 9.17) is 4.74 Å². The van der Waals surface area contributed by atoms with Gasteiger partial charge in [0.25, 0.3) is 5.91 Å². The Morgan fingerprint density at radius 1 is 0.959 bits per heavy atom. The predicted molar refractivity (Wildman–Crippen MR) is 192 cm³/mol. The van der Waals surface area contributed by atoms with E-state index in [0.717, 1.165) is 22.4 Å². The van der Waals surface area contributed by atoms with Crippen molar-refractivity contribution < 1.29 is 24.2 Å². The van der Waals surface area contributed by atoms with Gasteiger partial charge in [-0.3, -0.25) is 14.4 Å². The van der Waals surface area contributed by atoms with Crippen LogP contribution in [0.3, 0.4) is 0 Å². The van der Waals surface area contributed by atoms with Crippen LogP contribution in [0.25, 0.3) is 0 Å². The minimum absolute atomic E-state index is 0.216. The molecule has 2 bridgehead atoms. The molecule has 3 heterocycles. The molecule has 3 aliphatic rings. The number of carbonyl (C=O) groups is 3. The zero-order valence-electron chi connectivity index (χ0n) is 28.8. The zero-order chi connectivity index (χ0) is 34.9. The van der Waals surface area contributed by atoms with Gasteiger partial charge in [0.05, 0.1) is 30.1 Å². The standard InChI is InChI=1S/C41H47N3O5/c1-6-23-42(31-17-13-10-14-18-31)37(46)34-35-38(47)44(32(27-45)26-30-15-11-9-12-16-30)36(41(35)22-21-40(34,8-3)49-41)39(48)43(24-7-2)33-25-28(4)19-20-29(33)5/h6-7,9-20,25,32,34-36,45H,1-2,8,21-24,26-27H2,3-5H3/t32-,34+,35+,36?,40-,41?/m1/s1. The molecule has 0 radical (unpaired) electrons. The Labute approximate surface area is 289 Å². The Hall–Kier alpha value is -4.53. The van der Waals surface area contributed by atoms with Gasteiger partial charge < -0.3 is 24.5 Å². The van der Waals surface area contributed by atoms with Crippen molar-refractivity contribution in [2.24, 2.45) is 11.8 Å². The highest BCUT2D eigenvalue weighted by molar-refractivity contribution is 6.07. The first kappa shape index (κ1) is 34.3. The van der Waals surface area contributed by atoms with E-state index >= 15 is 9.59 Å². The number of carbonyl (C=O) groups excluding carboxylic acids is 3. The van der Waals surface area contributed by atoms with Crippen LogP contribution < -0.4 is 9.80 Å². The number of hydrogen-bond donors (Lipinski definition) is 1. The van der Waals surface area contributed by atoms with Crippen LogP contribution in [0.4, 0.5) is 11.4 Å². The van der Waals surface area contributed by atoms with Crippen molar-refractivity contribution in [3.05, 3.63) is 121 Å². The summed E-state index contributed by atoms with van der Waals surface area (Å²) in [5.74, 6) is -2.59. The van der Waals surface area contributed by atoms with Crippen LogP contribution in [-0.2, 0) is 25.5 Å². The highest BCUT2D eigenvalue weighted by Gasteiger charge is 2.79. The van der Waals surface area contributed by atoms with E-state index in [-0.39, 0.29) is 37.4 Å². The third kappa shape index (κ3) is 5.71. The molecule has 3 aromatic rings. The summed E-state index contributed by atoms with van der Waals surface area (Å²) in [7, 11) is 0.